The number of rotatable bonds is 2. The molecule has 17 heavy (non-hydrogen) atoms. The Balaban J connectivity index is 2.28. The van der Waals surface area contributed by atoms with Crippen LogP contribution < -0.4 is 10.5 Å². The summed E-state index contributed by atoms with van der Waals surface area (Å²) in [5.74, 6) is 1.58. The van der Waals surface area contributed by atoms with Crippen molar-refractivity contribution in [3.05, 3.63) is 52.5 Å². The van der Waals surface area contributed by atoms with Crippen molar-refractivity contribution in [3.8, 4) is 11.5 Å². The van der Waals surface area contributed by atoms with Crippen LogP contribution in [0, 0.1) is 13.8 Å². The second-order valence-corrected chi connectivity index (χ2v) is 4.47. The highest BCUT2D eigenvalue weighted by molar-refractivity contribution is 6.30. The maximum Gasteiger partial charge on any atom is 0.130 e. The molecule has 2 N–H and O–H groups in total. The molecular formula is C14H14ClNO. The number of hydrogen-bond acceptors (Lipinski definition) is 2. The zero-order valence-electron chi connectivity index (χ0n) is 9.83. The second kappa shape index (κ2) is 4.68. The van der Waals surface area contributed by atoms with Gasteiger partial charge in [-0.25, -0.2) is 0 Å². The number of benzene rings is 2. The summed E-state index contributed by atoms with van der Waals surface area (Å²) in [5.41, 5.74) is 8.54. The topological polar surface area (TPSA) is 35.2 Å². The average Bonchev–Trinajstić information content (AvgIpc) is 2.27. The quantitative estimate of drug-likeness (QED) is 0.802. The number of hydrogen-bond donors (Lipinski definition) is 1. The molecule has 0 fully saturated rings. The molecule has 0 unspecified atom stereocenters. The molecule has 2 rings (SSSR count). The van der Waals surface area contributed by atoms with E-state index in [9.17, 15) is 0 Å². The molecule has 0 aliphatic heterocycles. The van der Waals surface area contributed by atoms with Gasteiger partial charge in [-0.2, -0.15) is 0 Å². The molecule has 0 saturated heterocycles. The Bertz CT molecular complexity index is 552. The molecule has 88 valence electrons. The molecule has 2 nitrogen and oxygen atoms in total. The summed E-state index contributed by atoms with van der Waals surface area (Å²) in [6.45, 7) is 3.92. The van der Waals surface area contributed by atoms with Crippen molar-refractivity contribution in [2.24, 2.45) is 0 Å². The molecule has 0 amide bonds. The highest BCUT2D eigenvalue weighted by Gasteiger charge is 2.03. The lowest BCUT2D eigenvalue weighted by Gasteiger charge is -2.10. The highest BCUT2D eigenvalue weighted by Crippen LogP contribution is 2.28. The standard InChI is InChI=1S/C14H14ClNO/c1-9-8-12(4-5-13(9)16)17-14-6-3-11(15)7-10(14)2/h3-8H,16H2,1-2H3. The van der Waals surface area contributed by atoms with E-state index in [2.05, 4.69) is 0 Å². The van der Waals surface area contributed by atoms with Gasteiger partial charge < -0.3 is 10.5 Å². The third-order valence-electron chi connectivity index (χ3n) is 2.61. The van der Waals surface area contributed by atoms with Crippen molar-refractivity contribution in [1.82, 2.24) is 0 Å². The van der Waals surface area contributed by atoms with Crippen LogP contribution in [-0.4, -0.2) is 0 Å². The fraction of sp³-hybridized carbons (Fsp3) is 0.143. The minimum Gasteiger partial charge on any atom is -0.457 e. The van der Waals surface area contributed by atoms with Gasteiger partial charge in [0.25, 0.3) is 0 Å². The zero-order valence-corrected chi connectivity index (χ0v) is 10.6. The van der Waals surface area contributed by atoms with E-state index >= 15 is 0 Å². The monoisotopic (exact) mass is 247 g/mol. The zero-order chi connectivity index (χ0) is 12.4. The summed E-state index contributed by atoms with van der Waals surface area (Å²) in [5, 5.41) is 0.711. The predicted octanol–water partition coefficient (Wildman–Crippen LogP) is 4.33. The molecule has 0 aliphatic rings. The number of anilines is 1. The number of nitrogens with two attached hydrogens (primary N) is 1. The van der Waals surface area contributed by atoms with Gasteiger partial charge in [0.05, 0.1) is 0 Å². The summed E-state index contributed by atoms with van der Waals surface area (Å²) >= 11 is 5.89. The molecule has 0 bridgehead atoms. The minimum atomic E-state index is 0.711. The Hall–Kier alpha value is -1.67. The number of nitrogen functional groups attached to an aromatic ring is 1. The number of aryl methyl sites for hydroxylation is 2. The van der Waals surface area contributed by atoms with Crippen LogP contribution in [0.15, 0.2) is 36.4 Å². The summed E-state index contributed by atoms with van der Waals surface area (Å²) in [6, 6.07) is 11.2. The Morgan fingerprint density at radius 3 is 2.41 bits per heavy atom. The van der Waals surface area contributed by atoms with Crippen LogP contribution in [0.2, 0.25) is 5.02 Å². The summed E-state index contributed by atoms with van der Waals surface area (Å²) in [7, 11) is 0. The fourth-order valence-electron chi connectivity index (χ4n) is 1.57. The summed E-state index contributed by atoms with van der Waals surface area (Å²) in [4.78, 5) is 0. The van der Waals surface area contributed by atoms with Crippen molar-refractivity contribution >= 4 is 17.3 Å². The van der Waals surface area contributed by atoms with Gasteiger partial charge in [0.15, 0.2) is 0 Å². The Morgan fingerprint density at radius 1 is 1.00 bits per heavy atom. The first-order chi connectivity index (χ1) is 8.06. The van der Waals surface area contributed by atoms with E-state index in [0.717, 1.165) is 28.3 Å². The maximum atomic E-state index is 5.89. The first-order valence-electron chi connectivity index (χ1n) is 5.36. The van der Waals surface area contributed by atoms with Gasteiger partial charge in [-0.15, -0.1) is 0 Å². The molecule has 2 aromatic rings. The summed E-state index contributed by atoms with van der Waals surface area (Å²) in [6.07, 6.45) is 0. The molecule has 0 spiro atoms. The van der Waals surface area contributed by atoms with E-state index in [-0.39, 0.29) is 0 Å². The van der Waals surface area contributed by atoms with Gasteiger partial charge in [-0.1, -0.05) is 11.6 Å². The van der Waals surface area contributed by atoms with Crippen molar-refractivity contribution in [3.63, 3.8) is 0 Å². The smallest absolute Gasteiger partial charge is 0.130 e. The third-order valence-corrected chi connectivity index (χ3v) is 2.84. The van der Waals surface area contributed by atoms with Gasteiger partial charge in [0.2, 0.25) is 0 Å². The molecule has 2 aromatic carbocycles. The molecule has 0 heterocycles. The second-order valence-electron chi connectivity index (χ2n) is 4.03. The summed E-state index contributed by atoms with van der Waals surface area (Å²) < 4.78 is 5.79. The fourth-order valence-corrected chi connectivity index (χ4v) is 1.79. The van der Waals surface area contributed by atoms with Gasteiger partial charge in [-0.05, 0) is 61.4 Å². The van der Waals surface area contributed by atoms with Gasteiger partial charge in [0, 0.05) is 10.7 Å². The van der Waals surface area contributed by atoms with Crippen LogP contribution in [0.5, 0.6) is 11.5 Å². The third kappa shape index (κ3) is 2.71. The van der Waals surface area contributed by atoms with Crippen LogP contribution in [0.3, 0.4) is 0 Å². The Kier molecular flexibility index (Phi) is 3.25. The lowest BCUT2D eigenvalue weighted by atomic mass is 10.2. The van der Waals surface area contributed by atoms with Gasteiger partial charge >= 0.3 is 0 Å². The largest absolute Gasteiger partial charge is 0.457 e. The molecule has 3 heteroatoms. The highest BCUT2D eigenvalue weighted by atomic mass is 35.5. The first-order valence-corrected chi connectivity index (χ1v) is 5.74. The van der Waals surface area contributed by atoms with E-state index in [4.69, 9.17) is 22.1 Å². The van der Waals surface area contributed by atoms with Crippen LogP contribution in [0.4, 0.5) is 5.69 Å². The molecule has 0 aliphatic carbocycles. The van der Waals surface area contributed by atoms with E-state index in [0.29, 0.717) is 5.02 Å². The minimum absolute atomic E-state index is 0.711. The normalized spacial score (nSPS) is 10.3. The maximum absolute atomic E-state index is 5.89. The van der Waals surface area contributed by atoms with Crippen LogP contribution >= 0.6 is 11.6 Å². The van der Waals surface area contributed by atoms with Crippen molar-refractivity contribution in [2.45, 2.75) is 13.8 Å². The lowest BCUT2D eigenvalue weighted by Crippen LogP contribution is -1.91. The molecule has 0 saturated carbocycles. The van der Waals surface area contributed by atoms with Gasteiger partial charge in [0.1, 0.15) is 11.5 Å². The SMILES string of the molecule is Cc1cc(Oc2ccc(Cl)cc2C)ccc1N. The van der Waals surface area contributed by atoms with E-state index in [1.807, 2.05) is 50.2 Å². The van der Waals surface area contributed by atoms with Crippen molar-refractivity contribution in [1.29, 1.82) is 0 Å². The van der Waals surface area contributed by atoms with Crippen LogP contribution in [-0.2, 0) is 0 Å². The Morgan fingerprint density at radius 2 is 1.76 bits per heavy atom. The van der Waals surface area contributed by atoms with E-state index < -0.39 is 0 Å². The van der Waals surface area contributed by atoms with Gasteiger partial charge in [-0.3, -0.25) is 0 Å². The van der Waals surface area contributed by atoms with Crippen LogP contribution in [0.25, 0.3) is 0 Å². The number of halogens is 1. The number of ether oxygens (including phenoxy) is 1. The molecular weight excluding hydrogens is 234 g/mol. The Labute approximate surface area is 106 Å². The van der Waals surface area contributed by atoms with Crippen molar-refractivity contribution < 1.29 is 4.74 Å². The predicted molar refractivity (Wildman–Crippen MR) is 71.9 cm³/mol. The van der Waals surface area contributed by atoms with E-state index in [1.165, 1.54) is 0 Å². The first kappa shape index (κ1) is 11.8. The van der Waals surface area contributed by atoms with Crippen LogP contribution in [0.1, 0.15) is 11.1 Å². The van der Waals surface area contributed by atoms with Crippen molar-refractivity contribution in [2.75, 3.05) is 5.73 Å². The lowest BCUT2D eigenvalue weighted by molar-refractivity contribution is 0.478. The molecule has 0 atom stereocenters. The van der Waals surface area contributed by atoms with E-state index in [1.54, 1.807) is 0 Å². The average molecular weight is 248 g/mol. The molecule has 0 radical (unpaired) electrons. The molecule has 0 aromatic heterocycles.